The minimum Gasteiger partial charge on any atom is -0.379 e. The minimum atomic E-state index is -0.753. The second-order valence-electron chi connectivity index (χ2n) is 12.7. The number of urea groups is 1. The maximum absolute atomic E-state index is 12.3. The first kappa shape index (κ1) is 44.4. The molecule has 1 aromatic carbocycles. The number of nitrogens with one attached hydrogen (secondary N) is 5. The minimum absolute atomic E-state index is 0.0222. The number of thioether (sulfide) groups is 1. The smallest absolute Gasteiger partial charge is 0.379 e. The van der Waals surface area contributed by atoms with Gasteiger partial charge >= 0.3 is 17.4 Å². The average Bonchev–Trinajstić information content (AvgIpc) is 3.72. The Hall–Kier alpha value is -3.27. The zero-order valence-corrected chi connectivity index (χ0v) is 33.5. The molecule has 3 unspecified atom stereocenters. The second kappa shape index (κ2) is 25.1. The van der Waals surface area contributed by atoms with Gasteiger partial charge in [-0.3, -0.25) is 19.0 Å². The number of benzene rings is 1. The van der Waals surface area contributed by atoms with E-state index in [1.54, 1.807) is 22.9 Å². The Bertz CT molecular complexity index is 1660. The first-order valence-electron chi connectivity index (χ1n) is 18.4. The van der Waals surface area contributed by atoms with E-state index in [-0.39, 0.29) is 54.1 Å². The summed E-state index contributed by atoms with van der Waals surface area (Å²) in [6.07, 6.45) is 3.78. The third-order valence-corrected chi connectivity index (χ3v) is 12.5. The molecule has 2 aliphatic rings. The summed E-state index contributed by atoms with van der Waals surface area (Å²) in [5.74, 6) is 1.17. The van der Waals surface area contributed by atoms with Gasteiger partial charge < -0.3 is 49.9 Å². The fourth-order valence-corrected chi connectivity index (χ4v) is 9.16. The van der Waals surface area contributed by atoms with Gasteiger partial charge in [0, 0.05) is 67.6 Å². The van der Waals surface area contributed by atoms with Crippen LogP contribution in [0.3, 0.4) is 0 Å². The number of amides is 5. The third-order valence-electron chi connectivity index (χ3n) is 8.56. The summed E-state index contributed by atoms with van der Waals surface area (Å²) in [5, 5.41) is 15.0. The van der Waals surface area contributed by atoms with Crippen molar-refractivity contribution in [1.82, 2.24) is 25.8 Å². The zero-order valence-electron chi connectivity index (χ0n) is 31.1. The number of anilines is 1. The van der Waals surface area contributed by atoms with Crippen molar-refractivity contribution in [2.75, 3.05) is 88.5 Å². The highest BCUT2D eigenvalue weighted by molar-refractivity contribution is 8.76. The van der Waals surface area contributed by atoms with Gasteiger partial charge in [0.25, 0.3) is 0 Å². The van der Waals surface area contributed by atoms with Crippen LogP contribution in [0.2, 0.25) is 0 Å². The highest BCUT2D eigenvalue weighted by atomic mass is 33.1. The van der Waals surface area contributed by atoms with E-state index < -0.39 is 11.4 Å². The van der Waals surface area contributed by atoms with Gasteiger partial charge in [0.15, 0.2) is 0 Å². The average molecular weight is 829 g/mol. The molecule has 2 aliphatic heterocycles. The van der Waals surface area contributed by atoms with Crippen molar-refractivity contribution in [1.29, 1.82) is 0 Å². The van der Waals surface area contributed by atoms with Crippen LogP contribution in [0, 0.1) is 0 Å². The van der Waals surface area contributed by atoms with Gasteiger partial charge in [0.05, 0.1) is 75.8 Å². The molecule has 1 aromatic heterocycles. The summed E-state index contributed by atoms with van der Waals surface area (Å²) in [5.41, 5.74) is 0.108. The molecule has 2 aromatic rings. The zero-order chi connectivity index (χ0) is 39.3. The highest BCUT2D eigenvalue weighted by Crippen LogP contribution is 2.33. The quantitative estimate of drug-likeness (QED) is 0.0468. The lowest BCUT2D eigenvalue weighted by Gasteiger charge is -2.16. The molecular formula is C35H52N6O11S3. The summed E-state index contributed by atoms with van der Waals surface area (Å²) >= 11 is 1.89. The molecule has 5 N–H and O–H groups in total. The van der Waals surface area contributed by atoms with E-state index in [4.69, 9.17) is 18.9 Å². The topological polar surface area (TPSA) is 218 Å². The Labute approximate surface area is 331 Å². The monoisotopic (exact) mass is 828 g/mol. The molecule has 4 rings (SSSR count). The Morgan fingerprint density at radius 2 is 1.49 bits per heavy atom. The second-order valence-corrected chi connectivity index (χ2v) is 16.6. The van der Waals surface area contributed by atoms with Gasteiger partial charge in [-0.2, -0.15) is 11.8 Å². The Balaban J connectivity index is 0.839. The van der Waals surface area contributed by atoms with E-state index in [1.807, 2.05) is 11.8 Å². The van der Waals surface area contributed by atoms with E-state index in [1.165, 1.54) is 28.5 Å². The molecule has 0 bridgehead atoms. The molecule has 0 radical (unpaired) electrons. The molecule has 0 spiro atoms. The van der Waals surface area contributed by atoms with Gasteiger partial charge in [-0.25, -0.2) is 14.4 Å². The molecule has 306 valence electrons. The van der Waals surface area contributed by atoms with Crippen LogP contribution in [0.15, 0.2) is 32.2 Å². The molecule has 5 amide bonds. The van der Waals surface area contributed by atoms with Crippen molar-refractivity contribution in [2.24, 2.45) is 7.05 Å². The number of ether oxygens (including phenoxy) is 4. The third kappa shape index (κ3) is 16.4. The van der Waals surface area contributed by atoms with Crippen LogP contribution >= 0.6 is 33.3 Å². The summed E-state index contributed by atoms with van der Waals surface area (Å²) < 4.78 is 27.8. The number of unbranched alkanes of at least 4 members (excludes halogenated alkanes) is 1. The molecular weight excluding hydrogens is 777 g/mol. The normalized spacial score (nSPS) is 17.5. The van der Waals surface area contributed by atoms with Crippen molar-refractivity contribution >= 4 is 73.7 Å². The molecule has 0 saturated carbocycles. The Morgan fingerprint density at radius 3 is 2.25 bits per heavy atom. The number of carbonyl (C=O) groups excluding carboxylic acids is 4. The molecule has 20 heteroatoms. The summed E-state index contributed by atoms with van der Waals surface area (Å²) in [7, 11) is 4.58. The lowest BCUT2D eigenvalue weighted by molar-refractivity contribution is -0.122. The van der Waals surface area contributed by atoms with Crippen LogP contribution < -0.4 is 38.0 Å². The van der Waals surface area contributed by atoms with Gasteiger partial charge in [-0.05, 0) is 31.0 Å². The van der Waals surface area contributed by atoms with Gasteiger partial charge in [0.1, 0.15) is 0 Å². The molecule has 0 aliphatic carbocycles. The molecule has 3 atom stereocenters. The molecule has 2 fully saturated rings. The Kier molecular flexibility index (Phi) is 20.3. The lowest BCUT2D eigenvalue weighted by atomic mass is 10.0. The number of fused-ring (bicyclic) bond motifs is 2. The number of nitrogens with zero attached hydrogens (tertiary/aromatic N) is 1. The predicted octanol–water partition coefficient (Wildman–Crippen LogP) is 1.62. The van der Waals surface area contributed by atoms with E-state index in [0.29, 0.717) is 100 Å². The van der Waals surface area contributed by atoms with E-state index in [0.717, 1.165) is 25.0 Å². The van der Waals surface area contributed by atoms with Crippen LogP contribution in [-0.2, 0) is 40.4 Å². The van der Waals surface area contributed by atoms with Crippen molar-refractivity contribution in [3.05, 3.63) is 39.2 Å². The number of hydrogen-bond donors (Lipinski definition) is 5. The van der Waals surface area contributed by atoms with E-state index in [9.17, 15) is 28.8 Å². The van der Waals surface area contributed by atoms with Crippen LogP contribution in [0.1, 0.15) is 38.5 Å². The first-order valence-corrected chi connectivity index (χ1v) is 22.0. The van der Waals surface area contributed by atoms with Crippen LogP contribution in [0.25, 0.3) is 10.9 Å². The SMILES string of the molecule is Cn1c(=O)oc(=O)c2cc(NC(=O)CCSSCCNC(=O)CCOCCOCCOCCOCCNC(=O)CCCCC3SCC4NC(=O)NC43)ccc21. The number of aromatic nitrogens is 1. The summed E-state index contributed by atoms with van der Waals surface area (Å²) in [4.78, 5) is 71.4. The molecule has 17 nitrogen and oxygen atoms in total. The van der Waals surface area contributed by atoms with E-state index in [2.05, 4.69) is 31.0 Å². The number of hydrogen-bond acceptors (Lipinski definition) is 14. The van der Waals surface area contributed by atoms with Crippen molar-refractivity contribution in [3.8, 4) is 0 Å². The first-order chi connectivity index (χ1) is 26.7. The lowest BCUT2D eigenvalue weighted by Crippen LogP contribution is -2.36. The standard InChI is InChI=1S/C35H52N6O11S3/c1-41-27-7-6-24(22-25(27)33(45)52-35(41)47)38-31(44)9-20-54-55-21-11-37-30(43)8-12-48-14-16-50-18-19-51-17-15-49-13-10-36-29(42)5-3-2-4-28-32-26(23-53-28)39-34(46)40-32/h6-7,22,26,28,32H,2-5,8-21,23H2,1H3,(H,36,42)(H,37,43)(H,38,44)(H2,39,40,46). The number of carbonyl (C=O) groups is 4. The molecule has 55 heavy (non-hydrogen) atoms. The van der Waals surface area contributed by atoms with Crippen LogP contribution in [0.5, 0.6) is 0 Å². The summed E-state index contributed by atoms with van der Waals surface area (Å²) in [6, 6.07) is 5.06. The summed E-state index contributed by atoms with van der Waals surface area (Å²) in [6.45, 7) is 4.13. The van der Waals surface area contributed by atoms with Gasteiger partial charge in [-0.15, -0.1) is 0 Å². The van der Waals surface area contributed by atoms with Crippen molar-refractivity contribution in [2.45, 2.75) is 55.9 Å². The maximum atomic E-state index is 12.3. The maximum Gasteiger partial charge on any atom is 0.422 e. The largest absolute Gasteiger partial charge is 0.422 e. The van der Waals surface area contributed by atoms with Crippen LogP contribution in [0.4, 0.5) is 10.5 Å². The van der Waals surface area contributed by atoms with Crippen LogP contribution in [-0.4, -0.2) is 129 Å². The van der Waals surface area contributed by atoms with E-state index >= 15 is 0 Å². The van der Waals surface area contributed by atoms with Crippen molar-refractivity contribution < 1.29 is 42.5 Å². The number of aryl methyl sites for hydroxylation is 1. The predicted molar refractivity (Wildman–Crippen MR) is 214 cm³/mol. The molecule has 2 saturated heterocycles. The Morgan fingerprint density at radius 1 is 0.818 bits per heavy atom. The van der Waals surface area contributed by atoms with Crippen molar-refractivity contribution in [3.63, 3.8) is 0 Å². The number of rotatable bonds is 28. The highest BCUT2D eigenvalue weighted by Gasteiger charge is 2.42. The van der Waals surface area contributed by atoms with Gasteiger partial charge in [0.2, 0.25) is 17.7 Å². The fraction of sp³-hybridized carbons (Fsp3) is 0.657. The fourth-order valence-electron chi connectivity index (χ4n) is 5.72. The molecule has 3 heterocycles. The van der Waals surface area contributed by atoms with Gasteiger partial charge in [-0.1, -0.05) is 28.0 Å².